The Hall–Kier alpha value is -0.260. The summed E-state index contributed by atoms with van der Waals surface area (Å²) >= 11 is 0. The minimum atomic E-state index is -2.35. The standard InChI is InChI=1S/C9H18F2N2O/c10-9(11)7-14-8-1-4-13(5-2-8)6-3-12/h8-9H,1-7,12H2. The smallest absolute Gasteiger partial charge is 0.261 e. The van der Waals surface area contributed by atoms with Crippen LogP contribution in [0.5, 0.6) is 0 Å². The van der Waals surface area contributed by atoms with Crippen molar-refractivity contribution in [2.75, 3.05) is 32.8 Å². The van der Waals surface area contributed by atoms with Crippen molar-refractivity contribution in [3.05, 3.63) is 0 Å². The zero-order chi connectivity index (χ0) is 10.4. The highest BCUT2D eigenvalue weighted by Crippen LogP contribution is 2.13. The van der Waals surface area contributed by atoms with Gasteiger partial charge in [0.1, 0.15) is 6.61 Å². The van der Waals surface area contributed by atoms with Crippen LogP contribution in [0.15, 0.2) is 0 Å². The first kappa shape index (κ1) is 11.8. The molecule has 0 aromatic carbocycles. The molecule has 14 heavy (non-hydrogen) atoms. The molecule has 0 spiro atoms. The van der Waals surface area contributed by atoms with Gasteiger partial charge in [0.25, 0.3) is 6.43 Å². The summed E-state index contributed by atoms with van der Waals surface area (Å²) in [5, 5.41) is 0. The molecule has 0 saturated carbocycles. The molecule has 5 heteroatoms. The second-order valence-electron chi connectivity index (χ2n) is 3.55. The van der Waals surface area contributed by atoms with Crippen molar-refractivity contribution in [2.24, 2.45) is 5.73 Å². The highest BCUT2D eigenvalue weighted by Gasteiger charge is 2.19. The highest BCUT2D eigenvalue weighted by atomic mass is 19.3. The van der Waals surface area contributed by atoms with Crippen molar-refractivity contribution in [3.63, 3.8) is 0 Å². The zero-order valence-corrected chi connectivity index (χ0v) is 8.29. The molecule has 0 aromatic rings. The SMILES string of the molecule is NCCN1CCC(OCC(F)F)CC1. The Labute approximate surface area is 83.2 Å². The molecule has 1 aliphatic heterocycles. The lowest BCUT2D eigenvalue weighted by Crippen LogP contribution is -2.39. The van der Waals surface area contributed by atoms with Gasteiger partial charge in [0.2, 0.25) is 0 Å². The van der Waals surface area contributed by atoms with E-state index in [1.165, 1.54) is 0 Å². The van der Waals surface area contributed by atoms with Gasteiger partial charge in [-0.2, -0.15) is 0 Å². The fourth-order valence-electron chi connectivity index (χ4n) is 1.69. The number of alkyl halides is 2. The first-order chi connectivity index (χ1) is 6.72. The molecule has 0 unspecified atom stereocenters. The highest BCUT2D eigenvalue weighted by molar-refractivity contribution is 4.72. The number of hydrogen-bond donors (Lipinski definition) is 1. The minimum Gasteiger partial charge on any atom is -0.372 e. The number of ether oxygens (including phenoxy) is 1. The zero-order valence-electron chi connectivity index (χ0n) is 8.29. The summed E-state index contributed by atoms with van der Waals surface area (Å²) in [6.45, 7) is 2.93. The monoisotopic (exact) mass is 208 g/mol. The minimum absolute atomic E-state index is 0.0121. The second kappa shape index (κ2) is 6.27. The Kier molecular flexibility index (Phi) is 5.29. The van der Waals surface area contributed by atoms with Gasteiger partial charge in [0.15, 0.2) is 0 Å². The number of rotatable bonds is 5. The van der Waals surface area contributed by atoms with Crippen LogP contribution >= 0.6 is 0 Å². The maximum absolute atomic E-state index is 11.8. The summed E-state index contributed by atoms with van der Waals surface area (Å²) in [4.78, 5) is 2.24. The molecule has 2 N–H and O–H groups in total. The Morgan fingerprint density at radius 1 is 1.36 bits per heavy atom. The molecule has 0 radical (unpaired) electrons. The number of nitrogens with zero attached hydrogens (tertiary/aromatic N) is 1. The second-order valence-corrected chi connectivity index (χ2v) is 3.55. The van der Waals surface area contributed by atoms with E-state index in [1.807, 2.05) is 0 Å². The molecule has 3 nitrogen and oxygen atoms in total. The maximum atomic E-state index is 11.8. The third-order valence-corrected chi connectivity index (χ3v) is 2.44. The van der Waals surface area contributed by atoms with Gasteiger partial charge in [0, 0.05) is 26.2 Å². The predicted molar refractivity (Wildman–Crippen MR) is 50.5 cm³/mol. The van der Waals surface area contributed by atoms with Crippen molar-refractivity contribution in [1.29, 1.82) is 0 Å². The van der Waals surface area contributed by atoms with Gasteiger partial charge in [-0.1, -0.05) is 0 Å². The van der Waals surface area contributed by atoms with E-state index in [9.17, 15) is 8.78 Å². The van der Waals surface area contributed by atoms with Crippen molar-refractivity contribution < 1.29 is 13.5 Å². The summed E-state index contributed by atoms with van der Waals surface area (Å²) in [6, 6.07) is 0. The number of nitrogens with two attached hydrogens (primary N) is 1. The third-order valence-electron chi connectivity index (χ3n) is 2.44. The molecule has 84 valence electrons. The van der Waals surface area contributed by atoms with Crippen LogP contribution < -0.4 is 5.73 Å². The van der Waals surface area contributed by atoms with E-state index in [-0.39, 0.29) is 6.10 Å². The average Bonchev–Trinajstić information content (AvgIpc) is 2.17. The fraction of sp³-hybridized carbons (Fsp3) is 1.00. The lowest BCUT2D eigenvalue weighted by molar-refractivity contribution is -0.0457. The van der Waals surface area contributed by atoms with Gasteiger partial charge in [-0.15, -0.1) is 0 Å². The molecule has 0 aliphatic carbocycles. The predicted octanol–water partition coefficient (Wildman–Crippen LogP) is 0.691. The lowest BCUT2D eigenvalue weighted by Gasteiger charge is -2.31. The number of likely N-dealkylation sites (tertiary alicyclic amines) is 1. The van der Waals surface area contributed by atoms with Gasteiger partial charge in [0.05, 0.1) is 6.10 Å². The van der Waals surface area contributed by atoms with E-state index in [0.29, 0.717) is 6.54 Å². The molecule has 0 aromatic heterocycles. The third kappa shape index (κ3) is 4.30. The van der Waals surface area contributed by atoms with E-state index in [4.69, 9.17) is 10.5 Å². The Morgan fingerprint density at radius 2 is 2.00 bits per heavy atom. The molecule has 0 bridgehead atoms. The molecule has 1 rings (SSSR count). The molecule has 1 aliphatic rings. The van der Waals surface area contributed by atoms with Crippen LogP contribution in [0.1, 0.15) is 12.8 Å². The topological polar surface area (TPSA) is 38.5 Å². The first-order valence-corrected chi connectivity index (χ1v) is 5.04. The number of halogens is 2. The maximum Gasteiger partial charge on any atom is 0.261 e. The van der Waals surface area contributed by atoms with Crippen molar-refractivity contribution in [2.45, 2.75) is 25.4 Å². The largest absolute Gasteiger partial charge is 0.372 e. The van der Waals surface area contributed by atoms with Crippen molar-refractivity contribution >= 4 is 0 Å². The number of piperidine rings is 1. The van der Waals surface area contributed by atoms with E-state index in [0.717, 1.165) is 32.5 Å². The van der Waals surface area contributed by atoms with Gasteiger partial charge in [-0.25, -0.2) is 8.78 Å². The molecule has 0 atom stereocenters. The summed E-state index contributed by atoms with van der Waals surface area (Å²) in [5.74, 6) is 0. The summed E-state index contributed by atoms with van der Waals surface area (Å²) < 4.78 is 28.7. The Morgan fingerprint density at radius 3 is 2.50 bits per heavy atom. The van der Waals surface area contributed by atoms with Crippen LogP contribution in [-0.4, -0.2) is 50.2 Å². The normalized spacial score (nSPS) is 20.6. The van der Waals surface area contributed by atoms with Gasteiger partial charge in [-0.3, -0.25) is 0 Å². The van der Waals surface area contributed by atoms with Crippen LogP contribution in [0, 0.1) is 0 Å². The molecule has 1 heterocycles. The fourth-order valence-corrected chi connectivity index (χ4v) is 1.69. The van der Waals surface area contributed by atoms with Gasteiger partial charge < -0.3 is 15.4 Å². The van der Waals surface area contributed by atoms with E-state index < -0.39 is 13.0 Å². The van der Waals surface area contributed by atoms with Crippen LogP contribution in [-0.2, 0) is 4.74 Å². The molecule has 1 fully saturated rings. The molecular formula is C9H18F2N2O. The van der Waals surface area contributed by atoms with E-state index >= 15 is 0 Å². The number of hydrogen-bond acceptors (Lipinski definition) is 3. The summed E-state index contributed by atoms with van der Waals surface area (Å²) in [6.07, 6.45) is -0.658. The average molecular weight is 208 g/mol. The molecule has 0 amide bonds. The van der Waals surface area contributed by atoms with E-state index in [2.05, 4.69) is 4.90 Å². The summed E-state index contributed by atoms with van der Waals surface area (Å²) in [7, 11) is 0. The van der Waals surface area contributed by atoms with Crippen LogP contribution in [0.4, 0.5) is 8.78 Å². The Balaban J connectivity index is 2.09. The quantitative estimate of drug-likeness (QED) is 0.722. The molecule has 1 saturated heterocycles. The summed E-state index contributed by atoms with van der Waals surface area (Å²) in [5.41, 5.74) is 5.42. The lowest BCUT2D eigenvalue weighted by atomic mass is 10.1. The van der Waals surface area contributed by atoms with Crippen molar-refractivity contribution in [3.8, 4) is 0 Å². The van der Waals surface area contributed by atoms with Crippen LogP contribution in [0.3, 0.4) is 0 Å². The molecular weight excluding hydrogens is 190 g/mol. The van der Waals surface area contributed by atoms with Crippen molar-refractivity contribution in [1.82, 2.24) is 4.90 Å². The first-order valence-electron chi connectivity index (χ1n) is 5.04. The van der Waals surface area contributed by atoms with E-state index in [1.54, 1.807) is 0 Å². The Bertz CT molecular complexity index is 150. The van der Waals surface area contributed by atoms with Gasteiger partial charge in [-0.05, 0) is 12.8 Å². The van der Waals surface area contributed by atoms with Crippen LogP contribution in [0.25, 0.3) is 0 Å². The van der Waals surface area contributed by atoms with Gasteiger partial charge >= 0.3 is 0 Å². The van der Waals surface area contributed by atoms with Crippen LogP contribution in [0.2, 0.25) is 0 Å².